The minimum atomic E-state index is -2.61. The van der Waals surface area contributed by atoms with Crippen LogP contribution < -0.4 is 9.64 Å². The summed E-state index contributed by atoms with van der Waals surface area (Å²) in [6.45, 7) is 10.1. The van der Waals surface area contributed by atoms with Crippen molar-refractivity contribution in [3.8, 4) is 5.88 Å². The number of aromatic nitrogens is 1. The number of carbonyl (C=O) groups excluding carboxylic acids is 2. The van der Waals surface area contributed by atoms with E-state index in [-0.39, 0.29) is 69.1 Å². The topological polar surface area (TPSA) is 108 Å². The van der Waals surface area contributed by atoms with Crippen LogP contribution in [0.3, 0.4) is 0 Å². The number of aliphatic hydroxyl groups excluding tert-OH is 1. The van der Waals surface area contributed by atoms with Crippen LogP contribution in [0.5, 0.6) is 5.88 Å². The molecule has 4 atom stereocenters. The molecule has 11 nitrogen and oxygen atoms in total. The van der Waals surface area contributed by atoms with Crippen molar-refractivity contribution in [3.05, 3.63) is 53.0 Å². The molecule has 0 unspecified atom stereocenters. The molecule has 1 N–H and O–H groups in total. The van der Waals surface area contributed by atoms with Crippen molar-refractivity contribution in [2.24, 2.45) is 0 Å². The van der Waals surface area contributed by atoms with Gasteiger partial charge in [0.1, 0.15) is 23.7 Å². The molecule has 264 valence electrons. The minimum Gasteiger partial charge on any atom is -0.474 e. The van der Waals surface area contributed by atoms with Crippen molar-refractivity contribution >= 4 is 17.7 Å². The molecule has 0 aliphatic carbocycles. The van der Waals surface area contributed by atoms with Gasteiger partial charge in [0.05, 0.1) is 44.1 Å². The highest BCUT2D eigenvalue weighted by Crippen LogP contribution is 2.35. The first-order chi connectivity index (χ1) is 22.7. The summed E-state index contributed by atoms with van der Waals surface area (Å²) >= 11 is 0. The summed E-state index contributed by atoms with van der Waals surface area (Å²) in [4.78, 5) is 38.9. The third kappa shape index (κ3) is 8.39. The number of anilines is 1. The molecule has 3 aliphatic heterocycles. The number of fused-ring (bicyclic) bond motifs is 1. The second-order valence-electron chi connectivity index (χ2n) is 13.8. The van der Waals surface area contributed by atoms with Gasteiger partial charge in [-0.2, -0.15) is 0 Å². The fourth-order valence-electron chi connectivity index (χ4n) is 6.53. The number of benzene rings is 1. The van der Waals surface area contributed by atoms with E-state index in [0.717, 1.165) is 5.56 Å². The Hall–Kier alpha value is -3.46. The first kappa shape index (κ1) is 35.8. The fourth-order valence-corrected chi connectivity index (χ4v) is 6.53. The third-order valence-electron chi connectivity index (χ3n) is 8.96. The van der Waals surface area contributed by atoms with Gasteiger partial charge in [0.2, 0.25) is 11.8 Å². The van der Waals surface area contributed by atoms with E-state index in [2.05, 4.69) is 4.98 Å². The third-order valence-corrected chi connectivity index (χ3v) is 8.96. The zero-order valence-electron chi connectivity index (χ0n) is 28.2. The number of hydrogen-bond acceptors (Lipinski definition) is 9. The monoisotopic (exact) mass is 677 g/mol. The normalized spacial score (nSPS) is 24.0. The number of halogens is 3. The molecule has 0 radical (unpaired) electrons. The zero-order valence-corrected chi connectivity index (χ0v) is 28.2. The Kier molecular flexibility index (Phi) is 11.2. The van der Waals surface area contributed by atoms with Gasteiger partial charge in [0.15, 0.2) is 0 Å². The lowest BCUT2D eigenvalue weighted by Gasteiger charge is -2.48. The number of nitrogens with zero attached hydrogens (tertiary/aromatic N) is 5. The van der Waals surface area contributed by atoms with E-state index in [1.807, 2.05) is 18.7 Å². The van der Waals surface area contributed by atoms with Gasteiger partial charge in [-0.25, -0.2) is 22.9 Å². The van der Waals surface area contributed by atoms with Gasteiger partial charge in [-0.3, -0.25) is 14.6 Å². The number of morpholine rings is 1. The smallest absolute Gasteiger partial charge is 0.410 e. The van der Waals surface area contributed by atoms with Crippen molar-refractivity contribution in [3.63, 3.8) is 0 Å². The van der Waals surface area contributed by atoms with Gasteiger partial charge >= 0.3 is 6.09 Å². The minimum absolute atomic E-state index is 0.0420. The summed E-state index contributed by atoms with van der Waals surface area (Å²) in [5.74, 6) is -0.378. The lowest BCUT2D eigenvalue weighted by atomic mass is 10.0. The van der Waals surface area contributed by atoms with Crippen LogP contribution in [0.1, 0.15) is 51.4 Å². The Morgan fingerprint density at radius 1 is 1.08 bits per heavy atom. The van der Waals surface area contributed by atoms with Crippen molar-refractivity contribution in [1.29, 1.82) is 0 Å². The lowest BCUT2D eigenvalue weighted by molar-refractivity contribution is -0.123. The molecule has 1 aromatic heterocycles. The number of aliphatic hydroxyl groups is 1. The SMILES string of the molecule is C[C@@H]1CN(CC(=O)N2c3cc(Cc4ccc(F)cc4)c(CO)nc3OC[C@@H]2C)[C@@H](CN2CCOC[C@H]2C(F)F)CN1C(=O)OC(C)(C)C. The van der Waals surface area contributed by atoms with Crippen LogP contribution in [0.25, 0.3) is 0 Å². The van der Waals surface area contributed by atoms with Crippen LogP contribution in [0.4, 0.5) is 23.7 Å². The van der Waals surface area contributed by atoms with Crippen LogP contribution in [0, 0.1) is 5.82 Å². The fraction of sp³-hybridized carbons (Fsp3) is 0.618. The molecular formula is C34H46F3N5O6. The van der Waals surface area contributed by atoms with E-state index in [0.29, 0.717) is 43.1 Å². The summed E-state index contributed by atoms with van der Waals surface area (Å²) in [6, 6.07) is 5.61. The number of alkyl halides is 2. The van der Waals surface area contributed by atoms with Gasteiger partial charge in [-0.15, -0.1) is 0 Å². The lowest BCUT2D eigenvalue weighted by Crippen LogP contribution is -2.65. The number of hydrogen-bond donors (Lipinski definition) is 1. The number of carbonyl (C=O) groups is 2. The van der Waals surface area contributed by atoms with E-state index in [9.17, 15) is 27.9 Å². The van der Waals surface area contributed by atoms with Crippen molar-refractivity contribution in [2.45, 2.75) is 83.8 Å². The van der Waals surface area contributed by atoms with Gasteiger partial charge in [0.25, 0.3) is 6.43 Å². The zero-order chi connectivity index (χ0) is 34.7. The Bertz CT molecular complexity index is 1440. The van der Waals surface area contributed by atoms with Crippen molar-refractivity contribution < 1.29 is 42.1 Å². The number of piperazine rings is 1. The standard InChI is InChI=1S/C34H46F3N5O6/c1-21-14-40(26(16-41(21)33(45)48-34(3,4)5)15-39-10-11-46-20-29(39)31(36)37)17-30(44)42-22(2)19-47-32-28(42)13-24(27(18-43)38-32)12-23-6-8-25(35)9-7-23/h6-9,13,21-22,26,29,31,43H,10-12,14-20H2,1-5H3/t21-,22+,26+,29+/m1/s1. The van der Waals surface area contributed by atoms with Crippen LogP contribution in [-0.4, -0.2) is 126 Å². The molecule has 0 spiro atoms. The average molecular weight is 678 g/mol. The highest BCUT2D eigenvalue weighted by molar-refractivity contribution is 5.97. The van der Waals surface area contributed by atoms with E-state index in [1.54, 1.807) is 53.7 Å². The van der Waals surface area contributed by atoms with Gasteiger partial charge < -0.3 is 29.1 Å². The van der Waals surface area contributed by atoms with Crippen LogP contribution in [0.2, 0.25) is 0 Å². The van der Waals surface area contributed by atoms with E-state index >= 15 is 0 Å². The number of amides is 2. The highest BCUT2D eigenvalue weighted by atomic mass is 19.3. The summed E-state index contributed by atoms with van der Waals surface area (Å²) in [6.07, 6.45) is -2.76. The summed E-state index contributed by atoms with van der Waals surface area (Å²) in [5.41, 5.74) is 1.60. The Labute approximate surface area is 279 Å². The summed E-state index contributed by atoms with van der Waals surface area (Å²) < 4.78 is 58.5. The van der Waals surface area contributed by atoms with E-state index in [1.165, 1.54) is 12.1 Å². The molecular weight excluding hydrogens is 631 g/mol. The first-order valence-corrected chi connectivity index (χ1v) is 16.4. The van der Waals surface area contributed by atoms with Crippen LogP contribution >= 0.6 is 0 Å². The van der Waals surface area contributed by atoms with Crippen LogP contribution in [0.15, 0.2) is 30.3 Å². The Balaban J connectivity index is 1.41. The quantitative estimate of drug-likeness (QED) is 0.448. The molecule has 2 aromatic rings. The average Bonchev–Trinajstić information content (AvgIpc) is 3.02. The second-order valence-corrected chi connectivity index (χ2v) is 13.8. The van der Waals surface area contributed by atoms with Crippen LogP contribution in [-0.2, 0) is 27.3 Å². The largest absolute Gasteiger partial charge is 0.474 e. The maximum atomic E-state index is 14.3. The molecule has 0 bridgehead atoms. The molecule has 2 saturated heterocycles. The molecule has 48 heavy (non-hydrogen) atoms. The number of rotatable bonds is 8. The number of ether oxygens (including phenoxy) is 3. The van der Waals surface area contributed by atoms with Crippen molar-refractivity contribution in [2.75, 3.05) is 57.4 Å². The number of pyridine rings is 1. The van der Waals surface area contributed by atoms with E-state index < -0.39 is 30.2 Å². The van der Waals surface area contributed by atoms with Gasteiger partial charge in [-0.1, -0.05) is 12.1 Å². The molecule has 0 saturated carbocycles. The van der Waals surface area contributed by atoms with E-state index in [4.69, 9.17) is 14.2 Å². The maximum absolute atomic E-state index is 14.3. The van der Waals surface area contributed by atoms with Gasteiger partial charge in [-0.05, 0) is 70.4 Å². The maximum Gasteiger partial charge on any atom is 0.410 e. The molecule has 14 heteroatoms. The Morgan fingerprint density at radius 2 is 1.81 bits per heavy atom. The Morgan fingerprint density at radius 3 is 2.48 bits per heavy atom. The van der Waals surface area contributed by atoms with Gasteiger partial charge in [0, 0.05) is 38.3 Å². The molecule has 3 aliphatic rings. The molecule has 1 aromatic carbocycles. The summed E-state index contributed by atoms with van der Waals surface area (Å²) in [7, 11) is 0. The molecule has 5 rings (SSSR count). The summed E-state index contributed by atoms with van der Waals surface area (Å²) in [5, 5.41) is 10.1. The molecule has 4 heterocycles. The highest BCUT2D eigenvalue weighted by Gasteiger charge is 2.42. The predicted molar refractivity (Wildman–Crippen MR) is 172 cm³/mol. The second kappa shape index (κ2) is 15.0. The molecule has 2 fully saturated rings. The first-order valence-electron chi connectivity index (χ1n) is 16.4. The predicted octanol–water partition coefficient (Wildman–Crippen LogP) is 3.69. The molecule has 2 amide bonds. The van der Waals surface area contributed by atoms with Crippen molar-refractivity contribution in [1.82, 2.24) is 19.7 Å².